The van der Waals surface area contributed by atoms with Crippen LogP contribution in [0.2, 0.25) is 0 Å². The summed E-state index contributed by atoms with van der Waals surface area (Å²) in [5.41, 5.74) is 0. The van der Waals surface area contributed by atoms with Gasteiger partial charge < -0.3 is 4.57 Å². The standard InChI is InChI=1S/C15H15OPS3/c16-17(13-7-3-1-4-8-13,14-9-5-2-6-10-14)15-19-11-18-12-20-15/h1-10,15H,11-12H2. The SMILES string of the molecule is O=P(c1ccccc1)(c1ccccc1)C1SCSCS1. The van der Waals surface area contributed by atoms with Gasteiger partial charge in [-0.3, -0.25) is 0 Å². The van der Waals surface area contributed by atoms with Crippen LogP contribution in [0.15, 0.2) is 60.7 Å². The van der Waals surface area contributed by atoms with E-state index in [9.17, 15) is 4.57 Å². The molecule has 1 heterocycles. The van der Waals surface area contributed by atoms with Gasteiger partial charge in [-0.1, -0.05) is 60.7 Å². The molecule has 2 aromatic carbocycles. The average Bonchev–Trinajstić information content (AvgIpc) is 2.56. The first-order valence-electron chi connectivity index (χ1n) is 6.34. The van der Waals surface area contributed by atoms with Gasteiger partial charge in [0.2, 0.25) is 0 Å². The lowest BCUT2D eigenvalue weighted by molar-refractivity contribution is 0.589. The summed E-state index contributed by atoms with van der Waals surface area (Å²) in [4.78, 5) is 0. The van der Waals surface area contributed by atoms with E-state index in [0.717, 1.165) is 20.8 Å². The Morgan fingerprint density at radius 1 is 0.800 bits per heavy atom. The van der Waals surface area contributed by atoms with E-state index < -0.39 is 7.14 Å². The Kier molecular flexibility index (Phi) is 4.87. The highest BCUT2D eigenvalue weighted by atomic mass is 32.3. The second kappa shape index (κ2) is 6.65. The first kappa shape index (κ1) is 14.6. The molecule has 0 atom stereocenters. The predicted octanol–water partition coefficient (Wildman–Crippen LogP) is 4.41. The van der Waals surface area contributed by atoms with Crippen LogP contribution in [0.3, 0.4) is 0 Å². The molecular formula is C15H15OPS3. The molecule has 0 aliphatic carbocycles. The summed E-state index contributed by atoms with van der Waals surface area (Å²) in [5, 5.41) is 4.01. The van der Waals surface area contributed by atoms with Gasteiger partial charge in [0, 0.05) is 20.8 Å². The third-order valence-electron chi connectivity index (χ3n) is 3.16. The van der Waals surface area contributed by atoms with Crippen LogP contribution >= 0.6 is 42.4 Å². The van der Waals surface area contributed by atoms with E-state index >= 15 is 0 Å². The quantitative estimate of drug-likeness (QED) is 0.771. The molecule has 0 unspecified atom stereocenters. The third-order valence-corrected chi connectivity index (χ3v) is 12.4. The van der Waals surface area contributed by atoms with Crippen LogP contribution in [0.5, 0.6) is 0 Å². The largest absolute Gasteiger partial charge is 0.312 e. The van der Waals surface area contributed by atoms with E-state index in [-0.39, 0.29) is 4.32 Å². The van der Waals surface area contributed by atoms with Crippen LogP contribution in [0.4, 0.5) is 0 Å². The van der Waals surface area contributed by atoms with Crippen LogP contribution < -0.4 is 10.6 Å². The molecule has 1 fully saturated rings. The van der Waals surface area contributed by atoms with E-state index in [4.69, 9.17) is 0 Å². The molecule has 0 N–H and O–H groups in total. The molecule has 1 saturated heterocycles. The van der Waals surface area contributed by atoms with Crippen molar-refractivity contribution in [1.29, 1.82) is 0 Å². The van der Waals surface area contributed by atoms with E-state index in [2.05, 4.69) is 0 Å². The van der Waals surface area contributed by atoms with E-state index in [1.807, 2.05) is 95.9 Å². The van der Waals surface area contributed by atoms with Crippen molar-refractivity contribution in [3.05, 3.63) is 60.7 Å². The molecule has 0 radical (unpaired) electrons. The maximum absolute atomic E-state index is 13.9. The molecule has 20 heavy (non-hydrogen) atoms. The second-order valence-electron chi connectivity index (χ2n) is 4.41. The summed E-state index contributed by atoms with van der Waals surface area (Å²) in [6.07, 6.45) is 0. The van der Waals surface area contributed by atoms with Crippen molar-refractivity contribution >= 4 is 53.0 Å². The zero-order chi connectivity index (χ0) is 13.8. The van der Waals surface area contributed by atoms with Gasteiger partial charge in [0.05, 0.1) is 0 Å². The fourth-order valence-electron chi connectivity index (χ4n) is 2.20. The number of thioether (sulfide) groups is 3. The highest BCUT2D eigenvalue weighted by molar-refractivity contribution is 8.37. The second-order valence-corrected chi connectivity index (χ2v) is 12.2. The van der Waals surface area contributed by atoms with Crippen molar-refractivity contribution in [3.63, 3.8) is 0 Å². The topological polar surface area (TPSA) is 17.1 Å². The maximum Gasteiger partial charge on any atom is 0.165 e. The Morgan fingerprint density at radius 3 is 1.70 bits per heavy atom. The molecule has 0 aromatic heterocycles. The molecule has 3 rings (SSSR count). The minimum Gasteiger partial charge on any atom is -0.312 e. The maximum atomic E-state index is 13.9. The molecule has 2 aromatic rings. The fraction of sp³-hybridized carbons (Fsp3) is 0.200. The number of hydrogen-bond donors (Lipinski definition) is 0. The molecule has 5 heteroatoms. The summed E-state index contributed by atoms with van der Waals surface area (Å²) in [7, 11) is -2.59. The van der Waals surface area contributed by atoms with Gasteiger partial charge in [-0.25, -0.2) is 0 Å². The molecule has 0 amide bonds. The van der Waals surface area contributed by atoms with Gasteiger partial charge in [-0.15, -0.1) is 35.3 Å². The van der Waals surface area contributed by atoms with Crippen molar-refractivity contribution < 1.29 is 4.57 Å². The highest BCUT2D eigenvalue weighted by Gasteiger charge is 2.38. The Balaban J connectivity index is 2.10. The fourth-order valence-corrected chi connectivity index (χ4v) is 12.4. The Labute approximate surface area is 132 Å². The van der Waals surface area contributed by atoms with Gasteiger partial charge in [-0.2, -0.15) is 0 Å². The first-order valence-corrected chi connectivity index (χ1v) is 11.4. The summed E-state index contributed by atoms with van der Waals surface area (Å²) in [6, 6.07) is 19.9. The molecule has 1 aliphatic rings. The predicted molar refractivity (Wildman–Crippen MR) is 96.1 cm³/mol. The monoisotopic (exact) mass is 338 g/mol. The molecular weight excluding hydrogens is 323 g/mol. The van der Waals surface area contributed by atoms with Gasteiger partial charge in [-0.05, 0) is 0 Å². The van der Waals surface area contributed by atoms with E-state index in [1.54, 1.807) is 0 Å². The van der Waals surface area contributed by atoms with Crippen LogP contribution in [0, 0.1) is 0 Å². The van der Waals surface area contributed by atoms with Crippen molar-refractivity contribution in [3.8, 4) is 0 Å². The van der Waals surface area contributed by atoms with Crippen LogP contribution in [-0.2, 0) is 4.57 Å². The minimum absolute atomic E-state index is 0.133. The summed E-state index contributed by atoms with van der Waals surface area (Å²) < 4.78 is 14.1. The lowest BCUT2D eigenvalue weighted by Crippen LogP contribution is -2.23. The minimum atomic E-state index is -2.59. The summed E-state index contributed by atoms with van der Waals surface area (Å²) in [5.74, 6) is 0. The first-order chi connectivity index (χ1) is 9.82. The van der Waals surface area contributed by atoms with Gasteiger partial charge in [0.25, 0.3) is 0 Å². The van der Waals surface area contributed by atoms with Gasteiger partial charge >= 0.3 is 0 Å². The highest BCUT2D eigenvalue weighted by Crippen LogP contribution is 2.60. The zero-order valence-electron chi connectivity index (χ0n) is 10.8. The van der Waals surface area contributed by atoms with Gasteiger partial charge in [0.1, 0.15) is 4.32 Å². The lowest BCUT2D eigenvalue weighted by Gasteiger charge is -2.30. The van der Waals surface area contributed by atoms with Crippen LogP contribution in [-0.4, -0.2) is 14.5 Å². The van der Waals surface area contributed by atoms with Crippen molar-refractivity contribution in [2.24, 2.45) is 0 Å². The molecule has 0 spiro atoms. The number of benzene rings is 2. The van der Waals surface area contributed by atoms with Crippen LogP contribution in [0.1, 0.15) is 0 Å². The Morgan fingerprint density at radius 2 is 1.25 bits per heavy atom. The smallest absolute Gasteiger partial charge is 0.165 e. The van der Waals surface area contributed by atoms with Crippen LogP contribution in [0.25, 0.3) is 0 Å². The van der Waals surface area contributed by atoms with Gasteiger partial charge in [0.15, 0.2) is 7.14 Å². The lowest BCUT2D eigenvalue weighted by atomic mass is 10.4. The Bertz CT molecular complexity index is 554. The summed E-state index contributed by atoms with van der Waals surface area (Å²) in [6.45, 7) is 0. The van der Waals surface area contributed by atoms with Crippen molar-refractivity contribution in [2.75, 3.05) is 10.2 Å². The molecule has 1 aliphatic heterocycles. The number of rotatable bonds is 3. The van der Waals surface area contributed by atoms with Crippen molar-refractivity contribution in [2.45, 2.75) is 4.32 Å². The zero-order valence-corrected chi connectivity index (χ0v) is 14.2. The number of hydrogen-bond acceptors (Lipinski definition) is 4. The normalized spacial score (nSPS) is 17.0. The average molecular weight is 338 g/mol. The summed E-state index contributed by atoms with van der Waals surface area (Å²) >= 11 is 5.56. The Hall–Kier alpha value is -0.280. The van der Waals surface area contributed by atoms with E-state index in [1.165, 1.54) is 0 Å². The van der Waals surface area contributed by atoms with E-state index in [0.29, 0.717) is 0 Å². The third kappa shape index (κ3) is 2.85. The molecule has 1 nitrogen and oxygen atoms in total. The van der Waals surface area contributed by atoms with Crippen molar-refractivity contribution in [1.82, 2.24) is 0 Å². The molecule has 0 bridgehead atoms. The molecule has 104 valence electrons. The molecule has 0 saturated carbocycles.